The van der Waals surface area contributed by atoms with Gasteiger partial charge in [0.25, 0.3) is 0 Å². The van der Waals surface area contributed by atoms with Crippen molar-refractivity contribution in [1.82, 2.24) is 9.36 Å². The summed E-state index contributed by atoms with van der Waals surface area (Å²) in [5.41, 5.74) is 3.91. The molecule has 2 N–H and O–H groups in total. The topological polar surface area (TPSA) is 66.2 Å². The van der Waals surface area contributed by atoms with Crippen LogP contribution in [0.5, 0.6) is 11.5 Å². The summed E-state index contributed by atoms with van der Waals surface area (Å²) >= 11 is 4.51. The summed E-state index contributed by atoms with van der Waals surface area (Å²) < 4.78 is 5.41. The van der Waals surface area contributed by atoms with Crippen LogP contribution in [0.2, 0.25) is 0 Å². The van der Waals surface area contributed by atoms with E-state index in [-0.39, 0.29) is 0 Å². The van der Waals surface area contributed by atoms with Gasteiger partial charge in [-0.15, -0.1) is 0 Å². The van der Waals surface area contributed by atoms with Crippen LogP contribution in [0, 0.1) is 13.8 Å². The van der Waals surface area contributed by atoms with Crippen molar-refractivity contribution in [3.63, 3.8) is 0 Å². The molecular weight excluding hydrogens is 420 g/mol. The molecule has 0 unspecified atom stereocenters. The van der Waals surface area contributed by atoms with Gasteiger partial charge in [0, 0.05) is 9.79 Å². The Morgan fingerprint density at radius 3 is 1.76 bits per heavy atom. The molecule has 0 spiro atoms. The largest absolute Gasteiger partial charge is 0.508 e. The van der Waals surface area contributed by atoms with Crippen molar-refractivity contribution in [2.45, 2.75) is 72.7 Å². The maximum atomic E-state index is 10.1. The van der Waals surface area contributed by atoms with Gasteiger partial charge in [-0.1, -0.05) is 39.5 Å². The summed E-state index contributed by atoms with van der Waals surface area (Å²) in [6, 6.07) is 7.72. The molecule has 0 radical (unpaired) electrons. The van der Waals surface area contributed by atoms with Crippen molar-refractivity contribution in [2.75, 3.05) is 0 Å². The minimum absolute atomic E-state index is 0.296. The number of aromatic hydroxyl groups is 2. The standard InChI is InChI=1S/C22H26N2O2S3/c1-11(2)15-9-17(25)13(5)7-19(15)27-21-23-22(29-24-21)28-20-8-14(6)18(26)10-16(20)12(3)4/h7-12,25-26H,1-6H3. The zero-order valence-corrected chi connectivity index (χ0v) is 19.9. The number of aromatic nitrogens is 2. The first-order valence-electron chi connectivity index (χ1n) is 9.52. The average Bonchev–Trinajstić information content (AvgIpc) is 3.07. The molecule has 1 aromatic heterocycles. The van der Waals surface area contributed by atoms with E-state index in [4.69, 9.17) is 4.98 Å². The van der Waals surface area contributed by atoms with Gasteiger partial charge < -0.3 is 10.2 Å². The fourth-order valence-corrected chi connectivity index (χ4v) is 6.11. The molecule has 0 aliphatic heterocycles. The van der Waals surface area contributed by atoms with Crippen molar-refractivity contribution in [2.24, 2.45) is 0 Å². The molecule has 0 amide bonds. The predicted octanol–water partition coefficient (Wildman–Crippen LogP) is 7.12. The van der Waals surface area contributed by atoms with Crippen LogP contribution >= 0.6 is 35.1 Å². The quantitative estimate of drug-likeness (QED) is 0.420. The molecule has 7 heteroatoms. The van der Waals surface area contributed by atoms with Crippen LogP contribution in [0.15, 0.2) is 43.6 Å². The van der Waals surface area contributed by atoms with Gasteiger partial charge in [0.15, 0.2) is 4.34 Å². The van der Waals surface area contributed by atoms with E-state index in [0.717, 1.165) is 36.4 Å². The van der Waals surface area contributed by atoms with Crippen LogP contribution in [-0.2, 0) is 0 Å². The summed E-state index contributed by atoms with van der Waals surface area (Å²) in [5.74, 6) is 1.25. The maximum Gasteiger partial charge on any atom is 0.206 e. The number of aryl methyl sites for hydroxylation is 2. The van der Waals surface area contributed by atoms with Gasteiger partial charge in [-0.3, -0.25) is 0 Å². The second kappa shape index (κ2) is 8.98. The van der Waals surface area contributed by atoms with Gasteiger partial charge in [0.2, 0.25) is 5.16 Å². The maximum absolute atomic E-state index is 10.1. The molecule has 0 fully saturated rings. The molecule has 29 heavy (non-hydrogen) atoms. The third-order valence-corrected chi connectivity index (χ3v) is 7.57. The molecule has 0 saturated carbocycles. The van der Waals surface area contributed by atoms with E-state index >= 15 is 0 Å². The van der Waals surface area contributed by atoms with Crippen LogP contribution in [-0.4, -0.2) is 19.6 Å². The third-order valence-electron chi connectivity index (χ3n) is 4.69. The van der Waals surface area contributed by atoms with Crippen molar-refractivity contribution in [3.05, 3.63) is 46.5 Å². The fraction of sp³-hybridized carbons (Fsp3) is 0.364. The molecule has 3 rings (SSSR count). The van der Waals surface area contributed by atoms with Crippen LogP contribution in [0.4, 0.5) is 0 Å². The van der Waals surface area contributed by atoms with Gasteiger partial charge in [0.1, 0.15) is 11.5 Å². The zero-order chi connectivity index (χ0) is 21.3. The first kappa shape index (κ1) is 22.0. The lowest BCUT2D eigenvalue weighted by molar-refractivity contribution is 0.468. The monoisotopic (exact) mass is 446 g/mol. The lowest BCUT2D eigenvalue weighted by Crippen LogP contribution is -1.93. The van der Waals surface area contributed by atoms with Gasteiger partial charge >= 0.3 is 0 Å². The second-order valence-corrected chi connectivity index (χ2v) is 10.8. The number of rotatable bonds is 6. The van der Waals surface area contributed by atoms with Gasteiger partial charge in [-0.05, 0) is 95.5 Å². The van der Waals surface area contributed by atoms with Crippen LogP contribution in [0.3, 0.4) is 0 Å². The van der Waals surface area contributed by atoms with Crippen molar-refractivity contribution >= 4 is 35.1 Å². The Balaban J connectivity index is 1.86. The Morgan fingerprint density at radius 1 is 0.793 bits per heavy atom. The lowest BCUT2D eigenvalue weighted by Gasteiger charge is -2.13. The van der Waals surface area contributed by atoms with E-state index in [1.807, 2.05) is 38.1 Å². The summed E-state index contributed by atoms with van der Waals surface area (Å²) in [7, 11) is 0. The van der Waals surface area contributed by atoms with E-state index in [2.05, 4.69) is 32.1 Å². The fourth-order valence-electron chi connectivity index (χ4n) is 2.92. The average molecular weight is 447 g/mol. The number of hydrogen-bond acceptors (Lipinski definition) is 7. The number of phenolic OH excluding ortho intramolecular Hbond substituents is 2. The van der Waals surface area contributed by atoms with E-state index in [1.165, 1.54) is 23.3 Å². The number of phenols is 2. The molecule has 1 heterocycles. The SMILES string of the molecule is Cc1cc(Sc2nsc(Sc3cc(C)c(O)cc3C(C)C)n2)c(C(C)C)cc1O. The van der Waals surface area contributed by atoms with E-state index in [0.29, 0.717) is 28.5 Å². The zero-order valence-electron chi connectivity index (χ0n) is 17.5. The summed E-state index contributed by atoms with van der Waals surface area (Å²) in [5, 5.41) is 20.8. The molecule has 154 valence electrons. The van der Waals surface area contributed by atoms with Gasteiger partial charge in [-0.2, -0.15) is 4.37 Å². The first-order chi connectivity index (χ1) is 13.7. The Morgan fingerprint density at radius 2 is 1.28 bits per heavy atom. The highest BCUT2D eigenvalue weighted by atomic mass is 32.2. The van der Waals surface area contributed by atoms with Crippen LogP contribution in [0.25, 0.3) is 0 Å². The number of hydrogen-bond donors (Lipinski definition) is 2. The molecule has 4 nitrogen and oxygen atoms in total. The third kappa shape index (κ3) is 5.08. The van der Waals surface area contributed by atoms with Crippen LogP contribution in [0.1, 0.15) is 61.8 Å². The Kier molecular flexibility index (Phi) is 6.81. The summed E-state index contributed by atoms with van der Waals surface area (Å²) in [6.07, 6.45) is 0. The molecule has 0 saturated heterocycles. The number of benzene rings is 2. The highest BCUT2D eigenvalue weighted by Gasteiger charge is 2.17. The van der Waals surface area contributed by atoms with E-state index in [9.17, 15) is 10.2 Å². The molecule has 0 aliphatic carbocycles. The Bertz CT molecular complexity index is 949. The predicted molar refractivity (Wildman–Crippen MR) is 122 cm³/mol. The smallest absolute Gasteiger partial charge is 0.206 e. The molecule has 2 aromatic carbocycles. The molecule has 0 bridgehead atoms. The number of nitrogens with zero attached hydrogens (tertiary/aromatic N) is 2. The highest BCUT2D eigenvalue weighted by molar-refractivity contribution is 8.01. The molecule has 0 aliphatic rings. The molecule has 3 aromatic rings. The van der Waals surface area contributed by atoms with E-state index < -0.39 is 0 Å². The summed E-state index contributed by atoms with van der Waals surface area (Å²) in [6.45, 7) is 12.3. The summed E-state index contributed by atoms with van der Waals surface area (Å²) in [4.78, 5) is 6.89. The highest BCUT2D eigenvalue weighted by Crippen LogP contribution is 2.41. The molecule has 0 atom stereocenters. The van der Waals surface area contributed by atoms with Gasteiger partial charge in [-0.25, -0.2) is 4.98 Å². The lowest BCUT2D eigenvalue weighted by atomic mass is 10.0. The Hall–Kier alpha value is -1.70. The second-order valence-electron chi connectivity index (χ2n) is 7.71. The minimum atomic E-state index is 0.296. The van der Waals surface area contributed by atoms with Crippen molar-refractivity contribution in [3.8, 4) is 11.5 Å². The minimum Gasteiger partial charge on any atom is -0.508 e. The first-order valence-corrected chi connectivity index (χ1v) is 11.9. The van der Waals surface area contributed by atoms with Crippen molar-refractivity contribution in [1.29, 1.82) is 0 Å². The normalized spacial score (nSPS) is 11.6. The van der Waals surface area contributed by atoms with E-state index in [1.54, 1.807) is 11.8 Å². The molecular formula is C22H26N2O2S3. The van der Waals surface area contributed by atoms with Crippen LogP contribution < -0.4 is 0 Å². The van der Waals surface area contributed by atoms with Gasteiger partial charge in [0.05, 0.1) is 0 Å². The Labute approximate surface area is 185 Å². The van der Waals surface area contributed by atoms with Crippen molar-refractivity contribution < 1.29 is 10.2 Å².